The zero-order chi connectivity index (χ0) is 14.8. The third-order valence-corrected chi connectivity index (χ3v) is 4.60. The van der Waals surface area contributed by atoms with Crippen LogP contribution >= 0.6 is 0 Å². The molecule has 2 N–H and O–H groups in total. The topological polar surface area (TPSA) is 43.1 Å². The highest BCUT2D eigenvalue weighted by Crippen LogP contribution is 2.39. The highest BCUT2D eigenvalue weighted by Gasteiger charge is 2.39. The largest absolute Gasteiger partial charge is 0.329 e. The molecular formula is C16H21F2NO. The number of ketones is 1. The minimum absolute atomic E-state index is 0.0589. The molecule has 4 heteroatoms. The van der Waals surface area contributed by atoms with Crippen LogP contribution in [-0.2, 0) is 11.2 Å². The van der Waals surface area contributed by atoms with E-state index in [1.807, 2.05) is 0 Å². The average Bonchev–Trinajstić information content (AvgIpc) is 2.45. The summed E-state index contributed by atoms with van der Waals surface area (Å²) in [6.07, 6.45) is 3.36. The summed E-state index contributed by atoms with van der Waals surface area (Å²) >= 11 is 0. The van der Waals surface area contributed by atoms with E-state index in [0.29, 0.717) is 5.92 Å². The van der Waals surface area contributed by atoms with Crippen LogP contribution in [0.2, 0.25) is 0 Å². The Bertz CT molecular complexity index is 493. The number of benzene rings is 1. The maximum atomic E-state index is 13.7. The molecule has 0 unspecified atom stereocenters. The quantitative estimate of drug-likeness (QED) is 0.920. The van der Waals surface area contributed by atoms with Crippen molar-refractivity contribution in [1.29, 1.82) is 0 Å². The summed E-state index contributed by atoms with van der Waals surface area (Å²) in [7, 11) is 0. The lowest BCUT2D eigenvalue weighted by atomic mass is 9.67. The van der Waals surface area contributed by atoms with E-state index in [0.717, 1.165) is 31.7 Å². The molecule has 1 aliphatic carbocycles. The fraction of sp³-hybridized carbons (Fsp3) is 0.562. The van der Waals surface area contributed by atoms with E-state index in [-0.39, 0.29) is 24.3 Å². The SMILES string of the molecule is CC1CCC(CN)(C(=O)Cc2cccc(F)c2F)CC1. The first kappa shape index (κ1) is 15.1. The van der Waals surface area contributed by atoms with E-state index in [9.17, 15) is 13.6 Å². The molecule has 2 rings (SSSR count). The number of Topliss-reactive ketones (excluding diaryl/α,β-unsaturated/α-hetero) is 1. The number of hydrogen-bond acceptors (Lipinski definition) is 2. The van der Waals surface area contributed by atoms with Crippen molar-refractivity contribution in [2.75, 3.05) is 6.54 Å². The smallest absolute Gasteiger partial charge is 0.162 e. The standard InChI is InChI=1S/C16H21F2NO/c1-11-5-7-16(10-19,8-6-11)14(20)9-12-3-2-4-13(17)15(12)18/h2-4,11H,5-10,19H2,1H3. The molecule has 0 heterocycles. The lowest BCUT2D eigenvalue weighted by Gasteiger charge is -2.37. The molecule has 1 aliphatic rings. The van der Waals surface area contributed by atoms with Crippen LogP contribution in [0.5, 0.6) is 0 Å². The van der Waals surface area contributed by atoms with Crippen LogP contribution in [0, 0.1) is 23.0 Å². The van der Waals surface area contributed by atoms with Crippen molar-refractivity contribution >= 4 is 5.78 Å². The van der Waals surface area contributed by atoms with Gasteiger partial charge in [0.15, 0.2) is 11.6 Å². The predicted octanol–water partition coefficient (Wildman–Crippen LogP) is 3.23. The van der Waals surface area contributed by atoms with Gasteiger partial charge in [-0.3, -0.25) is 4.79 Å². The first-order chi connectivity index (χ1) is 9.48. The van der Waals surface area contributed by atoms with Gasteiger partial charge >= 0.3 is 0 Å². The van der Waals surface area contributed by atoms with Gasteiger partial charge in [0.05, 0.1) is 0 Å². The monoisotopic (exact) mass is 281 g/mol. The highest BCUT2D eigenvalue weighted by atomic mass is 19.2. The molecule has 1 fully saturated rings. The van der Waals surface area contributed by atoms with Crippen LogP contribution < -0.4 is 5.73 Å². The Morgan fingerprint density at radius 2 is 2.00 bits per heavy atom. The minimum Gasteiger partial charge on any atom is -0.329 e. The minimum atomic E-state index is -0.919. The normalized spacial score (nSPS) is 26.5. The van der Waals surface area contributed by atoms with Crippen LogP contribution in [0.15, 0.2) is 18.2 Å². The fourth-order valence-electron chi connectivity index (χ4n) is 2.96. The van der Waals surface area contributed by atoms with Crippen molar-refractivity contribution < 1.29 is 13.6 Å². The summed E-state index contributed by atoms with van der Waals surface area (Å²) in [6.45, 7) is 2.45. The molecule has 0 aromatic heterocycles. The Hall–Kier alpha value is -1.29. The Labute approximate surface area is 118 Å². The van der Waals surface area contributed by atoms with Gasteiger partial charge in [0.25, 0.3) is 0 Å². The molecule has 0 aliphatic heterocycles. The Morgan fingerprint density at radius 1 is 1.35 bits per heavy atom. The predicted molar refractivity (Wildman–Crippen MR) is 74.2 cm³/mol. The molecule has 110 valence electrons. The van der Waals surface area contributed by atoms with Crippen LogP contribution in [0.1, 0.15) is 38.2 Å². The Kier molecular flexibility index (Phi) is 4.53. The van der Waals surface area contributed by atoms with Crippen LogP contribution in [-0.4, -0.2) is 12.3 Å². The third kappa shape index (κ3) is 2.90. The number of nitrogens with two attached hydrogens (primary N) is 1. The molecular weight excluding hydrogens is 260 g/mol. The second kappa shape index (κ2) is 6.00. The fourth-order valence-corrected chi connectivity index (χ4v) is 2.96. The van der Waals surface area contributed by atoms with Crippen molar-refractivity contribution in [3.05, 3.63) is 35.4 Å². The van der Waals surface area contributed by atoms with Gasteiger partial charge in [-0.05, 0) is 43.2 Å². The van der Waals surface area contributed by atoms with Gasteiger partial charge in [-0.2, -0.15) is 0 Å². The zero-order valence-corrected chi connectivity index (χ0v) is 11.8. The summed E-state index contributed by atoms with van der Waals surface area (Å²) in [5.41, 5.74) is 5.39. The summed E-state index contributed by atoms with van der Waals surface area (Å²) in [5, 5.41) is 0. The van der Waals surface area contributed by atoms with Gasteiger partial charge in [0, 0.05) is 18.4 Å². The van der Waals surface area contributed by atoms with E-state index in [2.05, 4.69) is 6.92 Å². The molecule has 1 aromatic carbocycles. The van der Waals surface area contributed by atoms with E-state index in [4.69, 9.17) is 5.73 Å². The summed E-state index contributed by atoms with van der Waals surface area (Å²) in [6, 6.07) is 3.95. The highest BCUT2D eigenvalue weighted by molar-refractivity contribution is 5.87. The van der Waals surface area contributed by atoms with Gasteiger partial charge < -0.3 is 5.73 Å². The van der Waals surface area contributed by atoms with Crippen molar-refractivity contribution in [3.63, 3.8) is 0 Å². The van der Waals surface area contributed by atoms with Gasteiger partial charge in [-0.25, -0.2) is 8.78 Å². The molecule has 0 bridgehead atoms. The molecule has 0 spiro atoms. The van der Waals surface area contributed by atoms with E-state index < -0.39 is 17.0 Å². The third-order valence-electron chi connectivity index (χ3n) is 4.60. The van der Waals surface area contributed by atoms with Gasteiger partial charge in [0.1, 0.15) is 5.78 Å². The molecule has 0 atom stereocenters. The molecule has 20 heavy (non-hydrogen) atoms. The molecule has 2 nitrogen and oxygen atoms in total. The number of hydrogen-bond donors (Lipinski definition) is 1. The second-order valence-corrected chi connectivity index (χ2v) is 5.98. The second-order valence-electron chi connectivity index (χ2n) is 5.98. The van der Waals surface area contributed by atoms with E-state index >= 15 is 0 Å². The lowest BCUT2D eigenvalue weighted by molar-refractivity contribution is -0.129. The van der Waals surface area contributed by atoms with E-state index in [1.54, 1.807) is 0 Å². The molecule has 1 saturated carbocycles. The van der Waals surface area contributed by atoms with Crippen LogP contribution in [0.3, 0.4) is 0 Å². The van der Waals surface area contributed by atoms with Gasteiger partial charge in [-0.15, -0.1) is 0 Å². The molecule has 0 radical (unpaired) electrons. The summed E-state index contributed by atoms with van der Waals surface area (Å²) < 4.78 is 26.9. The summed E-state index contributed by atoms with van der Waals surface area (Å²) in [5.74, 6) is -1.28. The lowest BCUT2D eigenvalue weighted by Crippen LogP contribution is -2.42. The van der Waals surface area contributed by atoms with Crippen molar-refractivity contribution in [1.82, 2.24) is 0 Å². The Balaban J connectivity index is 2.16. The molecule has 0 saturated heterocycles. The number of carbonyl (C=O) groups is 1. The number of rotatable bonds is 4. The van der Waals surface area contributed by atoms with Crippen molar-refractivity contribution in [2.24, 2.45) is 17.1 Å². The van der Waals surface area contributed by atoms with Crippen LogP contribution in [0.25, 0.3) is 0 Å². The molecule has 1 aromatic rings. The molecule has 0 amide bonds. The average molecular weight is 281 g/mol. The van der Waals surface area contributed by atoms with Crippen LogP contribution in [0.4, 0.5) is 8.78 Å². The number of carbonyl (C=O) groups excluding carboxylic acids is 1. The number of halogens is 2. The first-order valence-electron chi connectivity index (χ1n) is 7.15. The van der Waals surface area contributed by atoms with Crippen molar-refractivity contribution in [2.45, 2.75) is 39.0 Å². The zero-order valence-electron chi connectivity index (χ0n) is 11.8. The summed E-state index contributed by atoms with van der Waals surface area (Å²) in [4.78, 5) is 12.5. The van der Waals surface area contributed by atoms with E-state index in [1.165, 1.54) is 12.1 Å². The maximum absolute atomic E-state index is 13.7. The van der Waals surface area contributed by atoms with Crippen molar-refractivity contribution in [3.8, 4) is 0 Å². The maximum Gasteiger partial charge on any atom is 0.162 e. The first-order valence-corrected chi connectivity index (χ1v) is 7.15. The van der Waals surface area contributed by atoms with Gasteiger partial charge in [0.2, 0.25) is 0 Å². The Morgan fingerprint density at radius 3 is 2.60 bits per heavy atom. The van der Waals surface area contributed by atoms with Gasteiger partial charge in [-0.1, -0.05) is 19.1 Å².